The quantitative estimate of drug-likeness (QED) is 0.0468. The zero-order valence-corrected chi connectivity index (χ0v) is 31.0. The molecule has 282 valence electrons. The van der Waals surface area contributed by atoms with Crippen LogP contribution in [0.4, 0.5) is 22.7 Å². The van der Waals surface area contributed by atoms with E-state index in [-0.39, 0.29) is 34.3 Å². The molecule has 0 aromatic heterocycles. The minimum absolute atomic E-state index is 0.231. The third-order valence-electron chi connectivity index (χ3n) is 7.47. The number of allylic oxidation sites excluding steroid dienone is 2. The summed E-state index contributed by atoms with van der Waals surface area (Å²) in [6.45, 7) is 7.26. The smallest absolute Gasteiger partial charge is 0.279 e. The average molecular weight is 737 g/mol. The van der Waals surface area contributed by atoms with E-state index < -0.39 is 11.8 Å². The fraction of sp³-hybridized carbons (Fsp3) is 0.250. The van der Waals surface area contributed by atoms with E-state index in [2.05, 4.69) is 31.1 Å². The predicted molar refractivity (Wildman–Crippen MR) is 206 cm³/mol. The number of aliphatic hydroxyl groups is 2. The summed E-state index contributed by atoms with van der Waals surface area (Å²) in [5.41, 5.74) is 1.99. The number of nitrogens with zero attached hydrogens (tertiary/aromatic N) is 4. The Labute approximate surface area is 313 Å². The molecule has 0 unspecified atom stereocenters. The van der Waals surface area contributed by atoms with Crippen LogP contribution in [0.1, 0.15) is 40.5 Å². The lowest BCUT2D eigenvalue weighted by molar-refractivity contribution is -0.113. The molecule has 54 heavy (non-hydrogen) atoms. The van der Waals surface area contributed by atoms with E-state index in [9.17, 15) is 19.8 Å². The molecular weight excluding hydrogens is 692 g/mol. The van der Waals surface area contributed by atoms with Crippen molar-refractivity contribution >= 4 is 34.6 Å². The van der Waals surface area contributed by atoms with Crippen molar-refractivity contribution < 1.29 is 38.7 Å². The summed E-state index contributed by atoms with van der Waals surface area (Å²) in [7, 11) is 2.97. The van der Waals surface area contributed by atoms with E-state index in [1.165, 1.54) is 28.1 Å². The van der Waals surface area contributed by atoms with E-state index in [1.807, 2.05) is 26.0 Å². The first-order valence-electron chi connectivity index (χ1n) is 17.2. The fourth-order valence-electron chi connectivity index (χ4n) is 4.86. The minimum atomic E-state index is -0.653. The number of azo groups is 2. The monoisotopic (exact) mass is 736 g/mol. The van der Waals surface area contributed by atoms with Crippen molar-refractivity contribution in [3.8, 4) is 34.1 Å². The van der Waals surface area contributed by atoms with Crippen LogP contribution >= 0.6 is 0 Å². The average Bonchev–Trinajstić information content (AvgIpc) is 3.16. The molecule has 0 aliphatic carbocycles. The van der Waals surface area contributed by atoms with Crippen LogP contribution in [0.5, 0.6) is 23.0 Å². The molecule has 0 aliphatic rings. The number of carbonyl (C=O) groups excluding carboxylic acids is 2. The van der Waals surface area contributed by atoms with Gasteiger partial charge in [0.25, 0.3) is 11.8 Å². The maximum Gasteiger partial charge on any atom is 0.279 e. The minimum Gasteiger partial charge on any atom is -0.510 e. The summed E-state index contributed by atoms with van der Waals surface area (Å²) in [4.78, 5) is 26.0. The highest BCUT2D eigenvalue weighted by atomic mass is 16.5. The van der Waals surface area contributed by atoms with E-state index in [4.69, 9.17) is 18.9 Å². The molecule has 0 saturated carbocycles. The lowest BCUT2D eigenvalue weighted by Crippen LogP contribution is -2.14. The van der Waals surface area contributed by atoms with Gasteiger partial charge in [0, 0.05) is 34.6 Å². The maximum atomic E-state index is 13.0. The molecule has 0 heterocycles. The zero-order valence-electron chi connectivity index (χ0n) is 31.0. The first kappa shape index (κ1) is 40.1. The number of anilines is 2. The number of ether oxygens (including phenoxy) is 4. The van der Waals surface area contributed by atoms with Crippen LogP contribution in [-0.4, -0.2) is 49.5 Å². The normalized spacial score (nSPS) is 12.2. The van der Waals surface area contributed by atoms with E-state index in [0.29, 0.717) is 71.6 Å². The van der Waals surface area contributed by atoms with Crippen molar-refractivity contribution in [3.05, 3.63) is 108 Å². The van der Waals surface area contributed by atoms with Crippen LogP contribution in [-0.2, 0) is 9.59 Å². The van der Waals surface area contributed by atoms with E-state index in [0.717, 1.165) is 0 Å². The highest BCUT2D eigenvalue weighted by Gasteiger charge is 2.22. The number of carbonyl (C=O) groups is 2. The molecule has 0 aliphatic heterocycles. The number of methoxy groups -OCH3 is 2. The molecule has 4 rings (SSSR count). The SMILES string of the molecule is CCCOc1cc(-c2cc(OCCC)c(N=N/C(C(=O)Nc3ccccc3)=C(\C)O)cc2OC)c(OC)cc1N=N/C(C(=O)Nc1ccccc1)=C(\C)O. The summed E-state index contributed by atoms with van der Waals surface area (Å²) in [6, 6.07) is 24.1. The van der Waals surface area contributed by atoms with Crippen molar-refractivity contribution in [3.63, 3.8) is 0 Å². The Hall–Kier alpha value is -6.70. The highest BCUT2D eigenvalue weighted by molar-refractivity contribution is 6.04. The van der Waals surface area contributed by atoms with Crippen LogP contribution in [0.15, 0.2) is 128 Å². The molecule has 0 spiro atoms. The number of nitrogens with one attached hydrogen (secondary N) is 2. The second-order valence-corrected chi connectivity index (χ2v) is 11.6. The van der Waals surface area contributed by atoms with Crippen molar-refractivity contribution in [2.75, 3.05) is 38.1 Å². The molecule has 0 radical (unpaired) electrons. The molecule has 0 bridgehead atoms. The van der Waals surface area contributed by atoms with Crippen LogP contribution < -0.4 is 29.6 Å². The highest BCUT2D eigenvalue weighted by Crippen LogP contribution is 2.47. The molecule has 4 N–H and O–H groups in total. The Morgan fingerprint density at radius 2 is 0.963 bits per heavy atom. The number of aliphatic hydroxyl groups excluding tert-OH is 2. The van der Waals surface area contributed by atoms with Gasteiger partial charge >= 0.3 is 0 Å². The predicted octanol–water partition coefficient (Wildman–Crippen LogP) is 9.97. The zero-order chi connectivity index (χ0) is 39.0. The molecule has 4 aromatic carbocycles. The number of hydrogen-bond acceptors (Lipinski definition) is 12. The summed E-state index contributed by atoms with van der Waals surface area (Å²) in [5, 5.41) is 42.8. The van der Waals surface area contributed by atoms with Gasteiger partial charge in [0.15, 0.2) is 11.4 Å². The number of amides is 2. The lowest BCUT2D eigenvalue weighted by Gasteiger charge is -2.18. The van der Waals surface area contributed by atoms with Gasteiger partial charge in [0.05, 0.1) is 27.4 Å². The number of hydrogen-bond donors (Lipinski definition) is 4. The first-order chi connectivity index (χ1) is 26.1. The standard InChI is InChI=1S/C40H44N6O8/c1-7-19-53-35-21-29(33(51-5)23-31(35)43-45-37(25(3)47)39(49)41-27-15-11-9-12-16-27)30-22-36(54-20-8-2)32(24-34(30)52-6)44-46-38(26(4)48)40(50)42-28-17-13-10-14-18-28/h9-18,21-24,47-48H,7-8,19-20H2,1-6H3,(H,41,49)(H,42,50)/b37-25+,38-26+,45-43?,46-44?. The van der Waals surface area contributed by atoms with E-state index >= 15 is 0 Å². The van der Waals surface area contributed by atoms with Crippen LogP contribution in [0.2, 0.25) is 0 Å². The summed E-state index contributed by atoms with van der Waals surface area (Å²) in [5.74, 6) is -0.645. The summed E-state index contributed by atoms with van der Waals surface area (Å²) < 4.78 is 23.8. The molecule has 4 aromatic rings. The van der Waals surface area contributed by atoms with Crippen molar-refractivity contribution in [1.82, 2.24) is 0 Å². The van der Waals surface area contributed by atoms with E-state index in [1.54, 1.807) is 72.8 Å². The van der Waals surface area contributed by atoms with Crippen molar-refractivity contribution in [2.24, 2.45) is 20.5 Å². The van der Waals surface area contributed by atoms with Crippen LogP contribution in [0.3, 0.4) is 0 Å². The topological polar surface area (TPSA) is 185 Å². The molecule has 0 saturated heterocycles. The Morgan fingerprint density at radius 3 is 1.28 bits per heavy atom. The Morgan fingerprint density at radius 1 is 0.593 bits per heavy atom. The third-order valence-corrected chi connectivity index (χ3v) is 7.47. The molecule has 2 amide bonds. The molecule has 0 fully saturated rings. The summed E-state index contributed by atoms with van der Waals surface area (Å²) in [6.07, 6.45) is 1.37. The fourth-order valence-corrected chi connectivity index (χ4v) is 4.86. The van der Waals surface area contributed by atoms with Gasteiger partial charge < -0.3 is 39.8 Å². The van der Waals surface area contributed by atoms with Gasteiger partial charge in [-0.3, -0.25) is 9.59 Å². The summed E-state index contributed by atoms with van der Waals surface area (Å²) >= 11 is 0. The molecule has 14 nitrogen and oxygen atoms in total. The second-order valence-electron chi connectivity index (χ2n) is 11.6. The van der Waals surface area contributed by atoms with Gasteiger partial charge in [-0.15, -0.1) is 20.5 Å². The van der Waals surface area contributed by atoms with Crippen LogP contribution in [0, 0.1) is 0 Å². The maximum absolute atomic E-state index is 13.0. The molecule has 14 heteroatoms. The largest absolute Gasteiger partial charge is 0.510 e. The van der Waals surface area contributed by atoms with Crippen LogP contribution in [0.25, 0.3) is 11.1 Å². The Bertz CT molecular complexity index is 1890. The number of para-hydroxylation sites is 2. The van der Waals surface area contributed by atoms with Gasteiger partial charge in [-0.2, -0.15) is 0 Å². The Balaban J connectivity index is 1.77. The second kappa shape index (κ2) is 19.8. The van der Waals surface area contributed by atoms with Gasteiger partial charge in [0.2, 0.25) is 0 Å². The Kier molecular flexibility index (Phi) is 14.7. The van der Waals surface area contributed by atoms with Gasteiger partial charge in [-0.05, 0) is 63.1 Å². The first-order valence-corrected chi connectivity index (χ1v) is 17.2. The van der Waals surface area contributed by atoms with Crippen molar-refractivity contribution in [1.29, 1.82) is 0 Å². The van der Waals surface area contributed by atoms with Gasteiger partial charge in [-0.1, -0.05) is 50.2 Å². The van der Waals surface area contributed by atoms with Gasteiger partial charge in [0.1, 0.15) is 45.9 Å². The number of rotatable bonds is 17. The lowest BCUT2D eigenvalue weighted by atomic mass is 10.0. The number of benzene rings is 4. The van der Waals surface area contributed by atoms with Gasteiger partial charge in [-0.25, -0.2) is 0 Å². The molecular formula is C40H44N6O8. The van der Waals surface area contributed by atoms with Crippen molar-refractivity contribution in [2.45, 2.75) is 40.5 Å². The molecule has 0 atom stereocenters. The third kappa shape index (κ3) is 10.7.